The second kappa shape index (κ2) is 3.66. The number of hydrogen-bond acceptors (Lipinski definition) is 3. The van der Waals surface area contributed by atoms with Crippen molar-refractivity contribution in [2.75, 3.05) is 0 Å². The fourth-order valence-corrected chi connectivity index (χ4v) is 1.43. The van der Waals surface area contributed by atoms with E-state index in [9.17, 15) is 9.59 Å². The molecule has 1 aromatic rings. The van der Waals surface area contributed by atoms with Crippen LogP contribution in [0.2, 0.25) is 0 Å². The van der Waals surface area contributed by atoms with Gasteiger partial charge in [-0.2, -0.15) is 0 Å². The van der Waals surface area contributed by atoms with Crippen LogP contribution in [0, 0.1) is 0 Å². The molecular formula is C10H16N2O3. The summed E-state index contributed by atoms with van der Waals surface area (Å²) in [5.74, 6) is 0. The Balaban J connectivity index is 3.71. The zero-order valence-electron chi connectivity index (χ0n) is 9.44. The summed E-state index contributed by atoms with van der Waals surface area (Å²) in [4.78, 5) is 23.6. The highest BCUT2D eigenvalue weighted by atomic mass is 16.3. The molecule has 0 aliphatic rings. The van der Waals surface area contributed by atoms with Gasteiger partial charge in [-0.3, -0.25) is 9.36 Å². The average molecular weight is 212 g/mol. The lowest BCUT2D eigenvalue weighted by Crippen LogP contribution is -2.48. The summed E-state index contributed by atoms with van der Waals surface area (Å²) in [6.07, 6.45) is 1.37. The van der Waals surface area contributed by atoms with E-state index in [1.807, 2.05) is 0 Å². The second-order valence-corrected chi connectivity index (χ2v) is 4.52. The van der Waals surface area contributed by atoms with E-state index < -0.39 is 11.1 Å². The molecule has 1 heterocycles. The van der Waals surface area contributed by atoms with Crippen LogP contribution in [0.25, 0.3) is 0 Å². The molecule has 0 spiro atoms. The van der Waals surface area contributed by atoms with Crippen molar-refractivity contribution in [1.29, 1.82) is 0 Å². The van der Waals surface area contributed by atoms with Gasteiger partial charge in [0.25, 0.3) is 5.56 Å². The van der Waals surface area contributed by atoms with Crippen molar-refractivity contribution in [3.05, 3.63) is 32.6 Å². The van der Waals surface area contributed by atoms with Crippen LogP contribution < -0.4 is 11.2 Å². The van der Waals surface area contributed by atoms with Gasteiger partial charge in [0, 0.05) is 18.8 Å². The van der Waals surface area contributed by atoms with Crippen LogP contribution in [0.15, 0.2) is 15.8 Å². The fraction of sp³-hybridized carbons (Fsp3) is 0.600. The van der Waals surface area contributed by atoms with Gasteiger partial charge >= 0.3 is 5.69 Å². The van der Waals surface area contributed by atoms with Gasteiger partial charge in [0.15, 0.2) is 0 Å². The van der Waals surface area contributed by atoms with Crippen molar-refractivity contribution in [2.24, 2.45) is 7.05 Å². The molecule has 0 aliphatic carbocycles. The number of aromatic nitrogens is 2. The van der Waals surface area contributed by atoms with E-state index in [0.717, 1.165) is 4.57 Å². The molecule has 1 aromatic heterocycles. The predicted octanol–water partition coefficient (Wildman–Crippen LogP) is -0.206. The van der Waals surface area contributed by atoms with Crippen molar-refractivity contribution < 1.29 is 5.11 Å². The summed E-state index contributed by atoms with van der Waals surface area (Å²) in [6.45, 7) is 4.97. The Kier molecular flexibility index (Phi) is 2.86. The van der Waals surface area contributed by atoms with E-state index in [-0.39, 0.29) is 17.9 Å². The van der Waals surface area contributed by atoms with Crippen molar-refractivity contribution >= 4 is 0 Å². The summed E-state index contributed by atoms with van der Waals surface area (Å²) in [7, 11) is 1.56. The molecule has 15 heavy (non-hydrogen) atoms. The minimum absolute atomic E-state index is 0.229. The van der Waals surface area contributed by atoms with E-state index in [1.54, 1.807) is 27.8 Å². The summed E-state index contributed by atoms with van der Waals surface area (Å²) < 4.78 is 2.46. The Morgan fingerprint density at radius 3 is 2.27 bits per heavy atom. The molecule has 84 valence electrons. The molecule has 1 N–H and O–H groups in total. The molecule has 0 saturated heterocycles. The van der Waals surface area contributed by atoms with Crippen LogP contribution in [0.4, 0.5) is 0 Å². The van der Waals surface area contributed by atoms with Gasteiger partial charge in [-0.15, -0.1) is 0 Å². The zero-order valence-corrected chi connectivity index (χ0v) is 9.44. The molecule has 0 fully saturated rings. The lowest BCUT2D eigenvalue weighted by Gasteiger charge is -2.22. The van der Waals surface area contributed by atoms with E-state index >= 15 is 0 Å². The first-order valence-electron chi connectivity index (χ1n) is 4.72. The number of hydrogen-bond donors (Lipinski definition) is 1. The van der Waals surface area contributed by atoms with Gasteiger partial charge in [-0.05, 0) is 20.8 Å². The smallest absolute Gasteiger partial charge is 0.331 e. The van der Waals surface area contributed by atoms with Crippen LogP contribution in [0.5, 0.6) is 0 Å². The first-order valence-corrected chi connectivity index (χ1v) is 4.72. The van der Waals surface area contributed by atoms with Gasteiger partial charge in [0.1, 0.15) is 0 Å². The van der Waals surface area contributed by atoms with Gasteiger partial charge in [0.2, 0.25) is 0 Å². The lowest BCUT2D eigenvalue weighted by molar-refractivity contribution is 0.272. The van der Waals surface area contributed by atoms with Crippen molar-refractivity contribution in [3.63, 3.8) is 0 Å². The number of aliphatic hydroxyl groups is 1. The molecule has 0 aromatic carbocycles. The van der Waals surface area contributed by atoms with Crippen LogP contribution >= 0.6 is 0 Å². The Bertz CT molecular complexity index is 477. The highest BCUT2D eigenvalue weighted by Gasteiger charge is 2.20. The molecule has 0 unspecified atom stereocenters. The molecule has 5 heteroatoms. The Labute approximate surface area is 87.6 Å². The largest absolute Gasteiger partial charge is 0.391 e. The SMILES string of the molecule is Cn1cc(CO)c(=O)n(C(C)(C)C)c1=O. The molecule has 5 nitrogen and oxygen atoms in total. The number of nitrogens with zero attached hydrogens (tertiary/aromatic N) is 2. The Hall–Kier alpha value is -1.36. The second-order valence-electron chi connectivity index (χ2n) is 4.52. The molecule has 0 bridgehead atoms. The minimum Gasteiger partial charge on any atom is -0.391 e. The monoisotopic (exact) mass is 212 g/mol. The Morgan fingerprint density at radius 2 is 1.87 bits per heavy atom. The predicted molar refractivity (Wildman–Crippen MR) is 56.9 cm³/mol. The highest BCUT2D eigenvalue weighted by Crippen LogP contribution is 2.07. The Morgan fingerprint density at radius 1 is 1.33 bits per heavy atom. The zero-order chi connectivity index (χ0) is 11.8. The molecule has 0 atom stereocenters. The van der Waals surface area contributed by atoms with Gasteiger partial charge in [0.05, 0.1) is 12.2 Å². The molecule has 0 amide bonds. The quantitative estimate of drug-likeness (QED) is 0.700. The van der Waals surface area contributed by atoms with Gasteiger partial charge in [-0.25, -0.2) is 4.79 Å². The highest BCUT2D eigenvalue weighted by molar-refractivity contribution is 5.05. The van der Waals surface area contributed by atoms with Crippen molar-refractivity contribution in [2.45, 2.75) is 32.9 Å². The molecule has 0 radical (unpaired) electrons. The third kappa shape index (κ3) is 2.02. The van der Waals surface area contributed by atoms with Crippen LogP contribution in [0.1, 0.15) is 26.3 Å². The third-order valence-corrected chi connectivity index (χ3v) is 2.16. The first kappa shape index (κ1) is 11.7. The molecule has 0 aliphatic heterocycles. The molecular weight excluding hydrogens is 196 g/mol. The van der Waals surface area contributed by atoms with Crippen molar-refractivity contribution in [1.82, 2.24) is 9.13 Å². The van der Waals surface area contributed by atoms with Crippen LogP contribution in [0.3, 0.4) is 0 Å². The van der Waals surface area contributed by atoms with Gasteiger partial charge < -0.3 is 9.67 Å². The van der Waals surface area contributed by atoms with E-state index in [4.69, 9.17) is 5.11 Å². The number of aliphatic hydroxyl groups excluding tert-OH is 1. The lowest BCUT2D eigenvalue weighted by atomic mass is 10.1. The summed E-state index contributed by atoms with van der Waals surface area (Å²) in [5, 5.41) is 9.00. The third-order valence-electron chi connectivity index (χ3n) is 2.16. The van der Waals surface area contributed by atoms with E-state index in [2.05, 4.69) is 0 Å². The number of aryl methyl sites for hydroxylation is 1. The standard InChI is InChI=1S/C10H16N2O3/c1-10(2,3)12-8(14)7(6-13)5-11(4)9(12)15/h5,13H,6H2,1-4H3. The summed E-state index contributed by atoms with van der Waals surface area (Å²) in [6, 6.07) is 0. The minimum atomic E-state index is -0.586. The summed E-state index contributed by atoms with van der Waals surface area (Å²) >= 11 is 0. The summed E-state index contributed by atoms with van der Waals surface area (Å²) in [5.41, 5.74) is -1.15. The topological polar surface area (TPSA) is 64.2 Å². The average Bonchev–Trinajstić information content (AvgIpc) is 2.09. The van der Waals surface area contributed by atoms with Crippen LogP contribution in [-0.4, -0.2) is 14.2 Å². The van der Waals surface area contributed by atoms with Gasteiger partial charge in [-0.1, -0.05) is 0 Å². The maximum absolute atomic E-state index is 11.8. The van der Waals surface area contributed by atoms with E-state index in [0.29, 0.717) is 0 Å². The fourth-order valence-electron chi connectivity index (χ4n) is 1.43. The van der Waals surface area contributed by atoms with E-state index in [1.165, 1.54) is 10.8 Å². The normalized spacial score (nSPS) is 11.8. The van der Waals surface area contributed by atoms with Crippen LogP contribution in [-0.2, 0) is 19.2 Å². The maximum Gasteiger partial charge on any atom is 0.331 e. The van der Waals surface area contributed by atoms with Crippen molar-refractivity contribution in [3.8, 4) is 0 Å². The maximum atomic E-state index is 11.8. The molecule has 0 saturated carbocycles. The molecule has 1 rings (SSSR count). The first-order chi connectivity index (χ1) is 6.79. The number of rotatable bonds is 1.